The molecule has 0 aliphatic heterocycles. The van der Waals surface area contributed by atoms with E-state index in [-0.39, 0.29) is 11.7 Å². The van der Waals surface area contributed by atoms with Gasteiger partial charge in [-0.3, -0.25) is 4.79 Å². The summed E-state index contributed by atoms with van der Waals surface area (Å²) < 4.78 is 0. The second kappa shape index (κ2) is 6.58. The monoisotopic (exact) mass is 304 g/mol. The van der Waals surface area contributed by atoms with Crippen LogP contribution in [0.4, 0.5) is 16.6 Å². The van der Waals surface area contributed by atoms with Crippen LogP contribution in [-0.4, -0.2) is 24.5 Å². The quantitative estimate of drug-likeness (QED) is 0.891. The second-order valence-corrected chi connectivity index (χ2v) is 5.71. The molecule has 0 unspecified atom stereocenters. The highest BCUT2D eigenvalue weighted by atomic mass is 32.1. The molecule has 0 spiro atoms. The largest absolute Gasteiger partial charge is 0.382 e. The Hall–Kier alpha value is -2.08. The maximum Gasteiger partial charge on any atom is 0.269 e. The van der Waals surface area contributed by atoms with Crippen LogP contribution in [0.3, 0.4) is 0 Å². The van der Waals surface area contributed by atoms with E-state index in [0.717, 1.165) is 23.8 Å². The zero-order chi connectivity index (χ0) is 15.4. The van der Waals surface area contributed by atoms with Gasteiger partial charge in [0.25, 0.3) is 5.91 Å². The highest BCUT2D eigenvalue weighted by molar-refractivity contribution is 7.18. The van der Waals surface area contributed by atoms with Gasteiger partial charge in [-0.2, -0.15) is 0 Å². The normalized spacial score (nSPS) is 10.4. The first kappa shape index (κ1) is 15.3. The molecular weight excluding hydrogens is 284 g/mol. The lowest BCUT2D eigenvalue weighted by Gasteiger charge is -2.10. The number of anilines is 3. The van der Waals surface area contributed by atoms with Gasteiger partial charge >= 0.3 is 0 Å². The molecule has 6 heteroatoms. The van der Waals surface area contributed by atoms with E-state index in [0.29, 0.717) is 4.88 Å². The van der Waals surface area contributed by atoms with Crippen LogP contribution in [-0.2, 0) is 6.42 Å². The molecular formula is C15H20N4OS. The van der Waals surface area contributed by atoms with Gasteiger partial charge in [-0.15, -0.1) is 0 Å². The van der Waals surface area contributed by atoms with Gasteiger partial charge in [0, 0.05) is 19.3 Å². The summed E-state index contributed by atoms with van der Waals surface area (Å²) in [5.41, 5.74) is 7.81. The molecule has 2 rings (SSSR count). The van der Waals surface area contributed by atoms with Crippen molar-refractivity contribution in [3.63, 3.8) is 0 Å². The molecule has 2 aromatic rings. The van der Waals surface area contributed by atoms with E-state index in [4.69, 9.17) is 5.73 Å². The summed E-state index contributed by atoms with van der Waals surface area (Å²) >= 11 is 1.31. The van der Waals surface area contributed by atoms with E-state index < -0.39 is 0 Å². The van der Waals surface area contributed by atoms with Crippen molar-refractivity contribution in [1.82, 2.24) is 4.98 Å². The smallest absolute Gasteiger partial charge is 0.269 e. The number of nitrogens with two attached hydrogens (primary N) is 1. The zero-order valence-electron chi connectivity index (χ0n) is 12.5. The van der Waals surface area contributed by atoms with Crippen LogP contribution >= 0.6 is 11.3 Å². The van der Waals surface area contributed by atoms with Gasteiger partial charge in [0.05, 0.1) is 0 Å². The number of carbonyl (C=O) groups is 1. The van der Waals surface area contributed by atoms with Crippen molar-refractivity contribution in [3.05, 3.63) is 34.7 Å². The van der Waals surface area contributed by atoms with E-state index in [1.54, 1.807) is 0 Å². The van der Waals surface area contributed by atoms with Crippen molar-refractivity contribution in [2.24, 2.45) is 0 Å². The second-order valence-electron chi connectivity index (χ2n) is 4.73. The number of hydrogen-bond acceptors (Lipinski definition) is 5. The summed E-state index contributed by atoms with van der Waals surface area (Å²) in [4.78, 5) is 19.0. The number of nitrogens with zero attached hydrogens (tertiary/aromatic N) is 2. The molecule has 0 aliphatic carbocycles. The van der Waals surface area contributed by atoms with Crippen LogP contribution in [0.1, 0.15) is 29.1 Å². The van der Waals surface area contributed by atoms with Crippen molar-refractivity contribution >= 4 is 33.9 Å². The lowest BCUT2D eigenvalue weighted by Crippen LogP contribution is -2.15. The summed E-state index contributed by atoms with van der Waals surface area (Å²) in [6.07, 6.45) is 0.928. The highest BCUT2D eigenvalue weighted by Gasteiger charge is 2.17. The Balaban J connectivity index is 2.18. The third-order valence-corrected chi connectivity index (χ3v) is 4.43. The molecule has 1 aromatic carbocycles. The zero-order valence-corrected chi connectivity index (χ0v) is 13.3. The van der Waals surface area contributed by atoms with Crippen LogP contribution in [0.5, 0.6) is 0 Å². The fourth-order valence-corrected chi connectivity index (χ4v) is 2.74. The summed E-state index contributed by atoms with van der Waals surface area (Å²) in [5, 5.41) is 3.63. The van der Waals surface area contributed by atoms with Crippen molar-refractivity contribution in [2.75, 3.05) is 29.5 Å². The Morgan fingerprint density at radius 1 is 1.43 bits per heavy atom. The molecule has 1 aromatic heterocycles. The Morgan fingerprint density at radius 2 is 2.19 bits per heavy atom. The number of hydrogen-bond donors (Lipinski definition) is 2. The molecule has 1 heterocycles. The number of thiazole rings is 1. The molecule has 0 aliphatic rings. The number of nitrogen functional groups attached to an aromatic ring is 1. The average molecular weight is 304 g/mol. The van der Waals surface area contributed by atoms with Crippen LogP contribution < -0.4 is 16.0 Å². The number of aryl methyl sites for hydroxylation is 1. The van der Waals surface area contributed by atoms with E-state index in [1.807, 2.05) is 43.1 Å². The molecule has 112 valence electrons. The fourth-order valence-electron chi connectivity index (χ4n) is 1.84. The van der Waals surface area contributed by atoms with Crippen molar-refractivity contribution in [3.8, 4) is 0 Å². The van der Waals surface area contributed by atoms with Gasteiger partial charge < -0.3 is 16.0 Å². The van der Waals surface area contributed by atoms with E-state index >= 15 is 0 Å². The van der Waals surface area contributed by atoms with Crippen LogP contribution in [0.15, 0.2) is 24.3 Å². The predicted octanol–water partition coefficient (Wildman–Crippen LogP) is 3.00. The minimum absolute atomic E-state index is 0.214. The minimum Gasteiger partial charge on any atom is -0.382 e. The summed E-state index contributed by atoms with van der Waals surface area (Å²) in [7, 11) is 1.92. The number of aromatic nitrogens is 1. The molecule has 0 saturated carbocycles. The molecule has 21 heavy (non-hydrogen) atoms. The van der Waals surface area contributed by atoms with E-state index in [2.05, 4.69) is 17.2 Å². The van der Waals surface area contributed by atoms with Crippen LogP contribution in [0, 0.1) is 0 Å². The van der Waals surface area contributed by atoms with E-state index in [1.165, 1.54) is 16.9 Å². The van der Waals surface area contributed by atoms with Crippen LogP contribution in [0.2, 0.25) is 0 Å². The third-order valence-electron chi connectivity index (χ3n) is 3.24. The maximum atomic E-state index is 12.3. The first-order valence-corrected chi connectivity index (χ1v) is 7.74. The topological polar surface area (TPSA) is 71.2 Å². The lowest BCUT2D eigenvalue weighted by atomic mass is 10.1. The SMILES string of the molecule is CCc1cccc(NC(=O)c2sc(N(C)CC)nc2N)c1. The fraction of sp³-hybridized carbons (Fsp3) is 0.333. The van der Waals surface area contributed by atoms with Gasteiger partial charge in [0.15, 0.2) is 5.13 Å². The molecule has 0 radical (unpaired) electrons. The number of benzene rings is 1. The van der Waals surface area contributed by atoms with E-state index in [9.17, 15) is 4.79 Å². The van der Waals surface area contributed by atoms with Crippen molar-refractivity contribution < 1.29 is 4.79 Å². The maximum absolute atomic E-state index is 12.3. The van der Waals surface area contributed by atoms with Gasteiger partial charge in [-0.1, -0.05) is 30.4 Å². The van der Waals surface area contributed by atoms with Gasteiger partial charge in [0.1, 0.15) is 10.7 Å². The number of nitrogens with one attached hydrogen (secondary N) is 1. The predicted molar refractivity (Wildman–Crippen MR) is 89.2 cm³/mol. The molecule has 3 N–H and O–H groups in total. The van der Waals surface area contributed by atoms with Gasteiger partial charge in [-0.05, 0) is 31.0 Å². The summed E-state index contributed by atoms with van der Waals surface area (Å²) in [6, 6.07) is 7.80. The van der Waals surface area contributed by atoms with Crippen molar-refractivity contribution in [2.45, 2.75) is 20.3 Å². The standard InChI is InChI=1S/C15H20N4OS/c1-4-10-7-6-8-11(9-10)17-14(20)12-13(16)18-15(21-12)19(3)5-2/h6-9H,4-5,16H2,1-3H3,(H,17,20). The van der Waals surface area contributed by atoms with Gasteiger partial charge in [0.2, 0.25) is 0 Å². The summed E-state index contributed by atoms with van der Waals surface area (Å²) in [6.45, 7) is 4.91. The minimum atomic E-state index is -0.214. The molecule has 0 saturated heterocycles. The Bertz CT molecular complexity index is 638. The number of amides is 1. The summed E-state index contributed by atoms with van der Waals surface area (Å²) in [5.74, 6) is 0.0634. The molecule has 0 fully saturated rings. The molecule has 5 nitrogen and oxygen atoms in total. The van der Waals surface area contributed by atoms with Gasteiger partial charge in [-0.25, -0.2) is 4.98 Å². The number of rotatable bonds is 5. The Labute approximate surface area is 128 Å². The first-order chi connectivity index (χ1) is 10.0. The lowest BCUT2D eigenvalue weighted by molar-refractivity contribution is 0.103. The highest BCUT2D eigenvalue weighted by Crippen LogP contribution is 2.28. The number of carbonyl (C=O) groups excluding carboxylic acids is 1. The van der Waals surface area contributed by atoms with Crippen LogP contribution in [0.25, 0.3) is 0 Å². The third kappa shape index (κ3) is 3.52. The Morgan fingerprint density at radius 3 is 2.86 bits per heavy atom. The van der Waals surface area contributed by atoms with Crippen molar-refractivity contribution in [1.29, 1.82) is 0 Å². The molecule has 1 amide bonds. The Kier molecular flexibility index (Phi) is 4.80. The molecule has 0 atom stereocenters. The molecule has 0 bridgehead atoms. The average Bonchev–Trinajstić information content (AvgIpc) is 2.88. The first-order valence-electron chi connectivity index (χ1n) is 6.92.